The standard InChI is InChI=1S/C19H19NO3S/c1-13-6-9-15(10-7-13)24(21,22)20-14-8-11-19-17(12-14)16-4-2-3-5-18(16)23-19/h6-12,20H,2-5H2,1H3. The highest BCUT2D eigenvalue weighted by Gasteiger charge is 2.19. The molecule has 5 heteroatoms. The maximum absolute atomic E-state index is 12.5. The molecule has 0 saturated heterocycles. The van der Waals surface area contributed by atoms with Gasteiger partial charge in [-0.1, -0.05) is 17.7 Å². The van der Waals surface area contributed by atoms with Crippen molar-refractivity contribution in [2.24, 2.45) is 0 Å². The van der Waals surface area contributed by atoms with Crippen molar-refractivity contribution in [1.29, 1.82) is 0 Å². The fourth-order valence-electron chi connectivity index (χ4n) is 3.26. The van der Waals surface area contributed by atoms with Gasteiger partial charge < -0.3 is 4.42 Å². The van der Waals surface area contributed by atoms with Crippen LogP contribution < -0.4 is 4.72 Å². The molecule has 4 rings (SSSR count). The topological polar surface area (TPSA) is 59.3 Å². The summed E-state index contributed by atoms with van der Waals surface area (Å²) >= 11 is 0. The molecule has 0 radical (unpaired) electrons. The summed E-state index contributed by atoms with van der Waals surface area (Å²) in [5.74, 6) is 1.05. The summed E-state index contributed by atoms with van der Waals surface area (Å²) in [5.41, 5.74) is 3.66. The summed E-state index contributed by atoms with van der Waals surface area (Å²) in [6.45, 7) is 1.93. The predicted molar refractivity (Wildman–Crippen MR) is 94.8 cm³/mol. The molecule has 3 aromatic rings. The van der Waals surface area contributed by atoms with Crippen LogP contribution >= 0.6 is 0 Å². The van der Waals surface area contributed by atoms with Gasteiger partial charge in [0, 0.05) is 23.1 Å². The summed E-state index contributed by atoms with van der Waals surface area (Å²) in [4.78, 5) is 0.266. The Kier molecular flexibility index (Phi) is 3.61. The Morgan fingerprint density at radius 3 is 2.54 bits per heavy atom. The number of benzene rings is 2. The Balaban J connectivity index is 1.70. The molecular weight excluding hydrogens is 322 g/mol. The largest absolute Gasteiger partial charge is 0.461 e. The highest BCUT2D eigenvalue weighted by atomic mass is 32.2. The lowest BCUT2D eigenvalue weighted by Crippen LogP contribution is -2.12. The SMILES string of the molecule is Cc1ccc(S(=O)(=O)Nc2ccc3oc4c(c3c2)CCCC4)cc1. The van der Waals surface area contributed by atoms with E-state index in [0.29, 0.717) is 5.69 Å². The van der Waals surface area contributed by atoms with Crippen molar-refractivity contribution in [3.05, 3.63) is 59.4 Å². The van der Waals surface area contributed by atoms with Gasteiger partial charge in [-0.15, -0.1) is 0 Å². The van der Waals surface area contributed by atoms with Crippen LogP contribution in [-0.4, -0.2) is 8.42 Å². The van der Waals surface area contributed by atoms with Gasteiger partial charge in [-0.05, 0) is 56.5 Å². The maximum Gasteiger partial charge on any atom is 0.261 e. The van der Waals surface area contributed by atoms with E-state index in [9.17, 15) is 8.42 Å². The Bertz CT molecular complexity index is 1000. The van der Waals surface area contributed by atoms with E-state index in [1.54, 1.807) is 30.3 Å². The number of anilines is 1. The van der Waals surface area contributed by atoms with Gasteiger partial charge in [0.1, 0.15) is 11.3 Å². The molecule has 1 aromatic heterocycles. The maximum atomic E-state index is 12.5. The first-order valence-electron chi connectivity index (χ1n) is 8.17. The first-order chi connectivity index (χ1) is 11.5. The lowest BCUT2D eigenvalue weighted by Gasteiger charge is -2.10. The molecule has 1 heterocycles. The van der Waals surface area contributed by atoms with Crippen molar-refractivity contribution >= 4 is 26.7 Å². The Labute approximate surface area is 141 Å². The van der Waals surface area contributed by atoms with Gasteiger partial charge in [-0.3, -0.25) is 4.72 Å². The summed E-state index contributed by atoms with van der Waals surface area (Å²) in [5, 5.41) is 1.02. The molecule has 0 aliphatic heterocycles. The van der Waals surface area contributed by atoms with Gasteiger partial charge in [0.15, 0.2) is 0 Å². The number of hydrogen-bond donors (Lipinski definition) is 1. The van der Waals surface area contributed by atoms with Gasteiger partial charge in [-0.2, -0.15) is 0 Å². The van der Waals surface area contributed by atoms with Crippen molar-refractivity contribution in [3.63, 3.8) is 0 Å². The molecular formula is C19H19NO3S. The number of rotatable bonds is 3. The van der Waals surface area contributed by atoms with Crippen molar-refractivity contribution in [2.75, 3.05) is 4.72 Å². The Hall–Kier alpha value is -2.27. The second kappa shape index (κ2) is 5.67. The van der Waals surface area contributed by atoms with Crippen molar-refractivity contribution in [2.45, 2.75) is 37.5 Å². The monoisotopic (exact) mass is 341 g/mol. The number of furan rings is 1. The van der Waals surface area contributed by atoms with E-state index >= 15 is 0 Å². The summed E-state index contributed by atoms with van der Waals surface area (Å²) in [6.07, 6.45) is 4.27. The quantitative estimate of drug-likeness (QED) is 0.767. The van der Waals surface area contributed by atoms with Gasteiger partial charge in [-0.25, -0.2) is 8.42 Å². The van der Waals surface area contributed by atoms with Gasteiger partial charge in [0.25, 0.3) is 10.0 Å². The van der Waals surface area contributed by atoms with Crippen molar-refractivity contribution in [3.8, 4) is 0 Å². The van der Waals surface area contributed by atoms with E-state index in [-0.39, 0.29) is 4.90 Å². The number of hydrogen-bond acceptors (Lipinski definition) is 3. The summed E-state index contributed by atoms with van der Waals surface area (Å²) < 4.78 is 33.7. The molecule has 2 aromatic carbocycles. The highest BCUT2D eigenvalue weighted by molar-refractivity contribution is 7.92. The van der Waals surface area contributed by atoms with Gasteiger partial charge in [0.2, 0.25) is 0 Å². The zero-order valence-electron chi connectivity index (χ0n) is 13.5. The number of nitrogens with one attached hydrogen (secondary N) is 1. The molecule has 0 atom stereocenters. The Morgan fingerprint density at radius 2 is 1.75 bits per heavy atom. The number of aryl methyl sites for hydroxylation is 3. The van der Waals surface area contributed by atoms with Crippen LogP contribution in [0.3, 0.4) is 0 Å². The molecule has 0 fully saturated rings. The fourth-order valence-corrected chi connectivity index (χ4v) is 4.31. The van der Waals surface area contributed by atoms with Crippen LogP contribution in [0.2, 0.25) is 0 Å². The normalized spacial score (nSPS) is 14.5. The lowest BCUT2D eigenvalue weighted by molar-refractivity contribution is 0.506. The van der Waals surface area contributed by atoms with E-state index in [2.05, 4.69) is 4.72 Å². The minimum Gasteiger partial charge on any atom is -0.461 e. The van der Waals surface area contributed by atoms with Crippen LogP contribution in [0.5, 0.6) is 0 Å². The lowest BCUT2D eigenvalue weighted by atomic mass is 9.96. The molecule has 24 heavy (non-hydrogen) atoms. The second-order valence-electron chi connectivity index (χ2n) is 6.34. The molecule has 0 bridgehead atoms. The molecule has 0 amide bonds. The minimum absolute atomic E-state index is 0.266. The van der Waals surface area contributed by atoms with E-state index in [4.69, 9.17) is 4.42 Å². The molecule has 1 aliphatic rings. The third kappa shape index (κ3) is 2.69. The molecule has 124 valence electrons. The second-order valence-corrected chi connectivity index (χ2v) is 8.02. The smallest absolute Gasteiger partial charge is 0.261 e. The van der Waals surface area contributed by atoms with Crippen molar-refractivity contribution in [1.82, 2.24) is 0 Å². The first kappa shape index (κ1) is 15.3. The third-order valence-electron chi connectivity index (χ3n) is 4.54. The average molecular weight is 341 g/mol. The van der Waals surface area contributed by atoms with Gasteiger partial charge >= 0.3 is 0 Å². The predicted octanol–water partition coefficient (Wildman–Crippen LogP) is 4.42. The van der Waals surface area contributed by atoms with E-state index in [0.717, 1.165) is 48.0 Å². The van der Waals surface area contributed by atoms with Crippen LogP contribution in [0, 0.1) is 6.92 Å². The van der Waals surface area contributed by atoms with Crippen LogP contribution in [-0.2, 0) is 22.9 Å². The van der Waals surface area contributed by atoms with E-state index in [1.807, 2.05) is 19.1 Å². The molecule has 0 unspecified atom stereocenters. The molecule has 1 N–H and O–H groups in total. The molecule has 0 saturated carbocycles. The average Bonchev–Trinajstić information content (AvgIpc) is 2.93. The van der Waals surface area contributed by atoms with Gasteiger partial charge in [0.05, 0.1) is 4.90 Å². The summed E-state index contributed by atoms with van der Waals surface area (Å²) in [7, 11) is -3.58. The fraction of sp³-hybridized carbons (Fsp3) is 0.263. The Morgan fingerprint density at radius 1 is 1.00 bits per heavy atom. The zero-order chi connectivity index (χ0) is 16.7. The third-order valence-corrected chi connectivity index (χ3v) is 5.94. The minimum atomic E-state index is -3.58. The van der Waals surface area contributed by atoms with Crippen LogP contribution in [0.4, 0.5) is 5.69 Å². The summed E-state index contributed by atoms with van der Waals surface area (Å²) in [6, 6.07) is 12.3. The molecule has 0 spiro atoms. The van der Waals surface area contributed by atoms with E-state index in [1.165, 1.54) is 5.56 Å². The van der Waals surface area contributed by atoms with E-state index < -0.39 is 10.0 Å². The van der Waals surface area contributed by atoms with Crippen LogP contribution in [0.1, 0.15) is 29.7 Å². The van der Waals surface area contributed by atoms with Crippen molar-refractivity contribution < 1.29 is 12.8 Å². The molecule has 4 nitrogen and oxygen atoms in total. The first-order valence-corrected chi connectivity index (χ1v) is 9.65. The number of sulfonamides is 1. The van der Waals surface area contributed by atoms with Crippen LogP contribution in [0.15, 0.2) is 51.8 Å². The zero-order valence-corrected chi connectivity index (χ0v) is 14.3. The number of fused-ring (bicyclic) bond motifs is 3. The molecule has 1 aliphatic carbocycles. The van der Waals surface area contributed by atoms with Crippen LogP contribution in [0.25, 0.3) is 11.0 Å². The highest BCUT2D eigenvalue weighted by Crippen LogP contribution is 2.33.